The molecule has 2 aromatic rings. The van der Waals surface area contributed by atoms with Gasteiger partial charge in [-0.25, -0.2) is 9.18 Å². The molecule has 5 nitrogen and oxygen atoms in total. The topological polar surface area (TPSA) is 60.3 Å². The molecule has 1 heterocycles. The van der Waals surface area contributed by atoms with Gasteiger partial charge in [-0.1, -0.05) is 6.07 Å². The van der Waals surface area contributed by atoms with E-state index in [1.165, 1.54) is 13.0 Å². The molecular formula is C19H23FN2O3. The average molecular weight is 346 g/mol. The Balaban J connectivity index is 2.05. The number of aryl methyl sites for hydroxylation is 2. The first-order valence-corrected chi connectivity index (χ1v) is 8.19. The minimum Gasteiger partial charge on any atom is -0.449 e. The van der Waals surface area contributed by atoms with E-state index in [0.717, 1.165) is 17.9 Å². The molecule has 1 amide bonds. The number of carbonyl (C=O) groups is 2. The molecule has 1 aromatic heterocycles. The van der Waals surface area contributed by atoms with E-state index in [2.05, 4.69) is 5.32 Å². The van der Waals surface area contributed by atoms with Crippen LogP contribution in [0.1, 0.15) is 41.2 Å². The molecular weight excluding hydrogens is 323 g/mol. The molecule has 25 heavy (non-hydrogen) atoms. The number of nitrogens with zero attached hydrogens (tertiary/aromatic N) is 1. The van der Waals surface area contributed by atoms with Gasteiger partial charge in [-0.05, 0) is 58.4 Å². The van der Waals surface area contributed by atoms with E-state index in [0.29, 0.717) is 16.8 Å². The van der Waals surface area contributed by atoms with Gasteiger partial charge in [-0.3, -0.25) is 4.79 Å². The summed E-state index contributed by atoms with van der Waals surface area (Å²) in [5.74, 6) is -1.47. The van der Waals surface area contributed by atoms with E-state index in [1.807, 2.05) is 25.3 Å². The Morgan fingerprint density at radius 2 is 1.92 bits per heavy atom. The van der Waals surface area contributed by atoms with Crippen LogP contribution in [0, 0.1) is 26.6 Å². The van der Waals surface area contributed by atoms with Crippen LogP contribution in [-0.2, 0) is 16.1 Å². The van der Waals surface area contributed by atoms with E-state index in [1.54, 1.807) is 25.1 Å². The Morgan fingerprint density at radius 3 is 2.48 bits per heavy atom. The van der Waals surface area contributed by atoms with Crippen molar-refractivity contribution < 1.29 is 18.7 Å². The molecule has 0 aliphatic rings. The molecule has 0 unspecified atom stereocenters. The smallest absolute Gasteiger partial charge is 0.340 e. The molecule has 0 radical (unpaired) electrons. The largest absolute Gasteiger partial charge is 0.449 e. The van der Waals surface area contributed by atoms with Crippen LogP contribution in [-0.4, -0.2) is 22.5 Å². The third kappa shape index (κ3) is 4.07. The molecule has 1 aromatic carbocycles. The first kappa shape index (κ1) is 18.7. The highest BCUT2D eigenvalue weighted by Crippen LogP contribution is 2.18. The number of esters is 1. The van der Waals surface area contributed by atoms with E-state index in [4.69, 9.17) is 4.74 Å². The predicted octanol–water partition coefficient (Wildman–Crippen LogP) is 3.76. The normalized spacial score (nSPS) is 11.9. The fourth-order valence-electron chi connectivity index (χ4n) is 2.69. The summed E-state index contributed by atoms with van der Waals surface area (Å²) in [5.41, 5.74) is 3.02. The number of amides is 1. The van der Waals surface area contributed by atoms with Crippen LogP contribution < -0.4 is 5.32 Å². The number of nitrogens with one attached hydrogen (secondary N) is 1. The van der Waals surface area contributed by atoms with Gasteiger partial charge in [0.05, 0.1) is 5.56 Å². The van der Waals surface area contributed by atoms with E-state index in [9.17, 15) is 14.0 Å². The standard InChI is InChI=1S/C19H23FN2O3/c1-6-22-12(3)9-16(13(22)4)19(24)25-14(5)18(23)21-15-8-7-11(2)17(20)10-15/h7-10,14H,6H2,1-5H3,(H,21,23)/t14-/m1/s1. The van der Waals surface area contributed by atoms with Crippen molar-refractivity contribution in [2.75, 3.05) is 5.32 Å². The van der Waals surface area contributed by atoms with Crippen molar-refractivity contribution in [3.63, 3.8) is 0 Å². The number of aromatic nitrogens is 1. The van der Waals surface area contributed by atoms with Gasteiger partial charge in [0.2, 0.25) is 0 Å². The maximum absolute atomic E-state index is 13.5. The monoisotopic (exact) mass is 346 g/mol. The van der Waals surface area contributed by atoms with Crippen LogP contribution in [0.3, 0.4) is 0 Å². The molecule has 1 atom stereocenters. The van der Waals surface area contributed by atoms with Gasteiger partial charge >= 0.3 is 5.97 Å². The van der Waals surface area contributed by atoms with Crippen LogP contribution in [0.25, 0.3) is 0 Å². The summed E-state index contributed by atoms with van der Waals surface area (Å²) >= 11 is 0. The highest BCUT2D eigenvalue weighted by atomic mass is 19.1. The Kier molecular flexibility index (Phi) is 5.62. The van der Waals surface area contributed by atoms with E-state index < -0.39 is 23.8 Å². The summed E-state index contributed by atoms with van der Waals surface area (Å²) in [5, 5.41) is 2.55. The fourth-order valence-corrected chi connectivity index (χ4v) is 2.69. The van der Waals surface area contributed by atoms with Crippen LogP contribution >= 0.6 is 0 Å². The van der Waals surface area contributed by atoms with Crippen molar-refractivity contribution in [3.8, 4) is 0 Å². The van der Waals surface area contributed by atoms with Gasteiger partial charge in [-0.2, -0.15) is 0 Å². The van der Waals surface area contributed by atoms with Gasteiger partial charge in [0.25, 0.3) is 5.91 Å². The zero-order chi connectivity index (χ0) is 18.7. The Morgan fingerprint density at radius 1 is 1.24 bits per heavy atom. The van der Waals surface area contributed by atoms with Crippen molar-refractivity contribution in [1.29, 1.82) is 0 Å². The molecule has 0 saturated carbocycles. The minimum absolute atomic E-state index is 0.320. The number of benzene rings is 1. The first-order chi connectivity index (χ1) is 11.7. The summed E-state index contributed by atoms with van der Waals surface area (Å²) in [6.45, 7) is 9.61. The molecule has 6 heteroatoms. The SMILES string of the molecule is CCn1c(C)cc(C(=O)O[C@H](C)C(=O)Nc2ccc(C)c(F)c2)c1C. The average Bonchev–Trinajstić information content (AvgIpc) is 2.84. The minimum atomic E-state index is -0.999. The first-order valence-electron chi connectivity index (χ1n) is 8.19. The molecule has 0 bridgehead atoms. The quantitative estimate of drug-likeness (QED) is 0.839. The molecule has 134 valence electrons. The second-order valence-electron chi connectivity index (χ2n) is 6.03. The molecule has 2 rings (SSSR count). The Labute approximate surface area is 146 Å². The van der Waals surface area contributed by atoms with Crippen molar-refractivity contribution in [2.45, 2.75) is 47.3 Å². The van der Waals surface area contributed by atoms with E-state index >= 15 is 0 Å². The van der Waals surface area contributed by atoms with Gasteiger partial charge in [-0.15, -0.1) is 0 Å². The van der Waals surface area contributed by atoms with Crippen molar-refractivity contribution in [1.82, 2.24) is 4.57 Å². The zero-order valence-electron chi connectivity index (χ0n) is 15.1. The number of carbonyl (C=O) groups excluding carboxylic acids is 2. The number of hydrogen-bond donors (Lipinski definition) is 1. The summed E-state index contributed by atoms with van der Waals surface area (Å²) in [6, 6.07) is 6.15. The van der Waals surface area contributed by atoms with Crippen LogP contribution in [0.4, 0.5) is 10.1 Å². The molecule has 0 saturated heterocycles. The maximum atomic E-state index is 13.5. The van der Waals surface area contributed by atoms with Crippen LogP contribution in [0.5, 0.6) is 0 Å². The lowest BCUT2D eigenvalue weighted by atomic mass is 10.2. The van der Waals surface area contributed by atoms with Crippen molar-refractivity contribution in [2.24, 2.45) is 0 Å². The molecule has 1 N–H and O–H groups in total. The lowest BCUT2D eigenvalue weighted by Crippen LogP contribution is -2.30. The lowest BCUT2D eigenvalue weighted by Gasteiger charge is -2.14. The van der Waals surface area contributed by atoms with Gasteiger partial charge < -0.3 is 14.6 Å². The van der Waals surface area contributed by atoms with Gasteiger partial charge in [0, 0.05) is 23.6 Å². The Hall–Kier alpha value is -2.63. The number of anilines is 1. The fraction of sp³-hybridized carbons (Fsp3) is 0.368. The van der Waals surface area contributed by atoms with Crippen molar-refractivity contribution in [3.05, 3.63) is 52.6 Å². The highest BCUT2D eigenvalue weighted by Gasteiger charge is 2.22. The number of ether oxygens (including phenoxy) is 1. The van der Waals surface area contributed by atoms with Crippen LogP contribution in [0.15, 0.2) is 24.3 Å². The lowest BCUT2D eigenvalue weighted by molar-refractivity contribution is -0.123. The summed E-state index contributed by atoms with van der Waals surface area (Å²) in [4.78, 5) is 24.5. The zero-order valence-corrected chi connectivity index (χ0v) is 15.1. The third-order valence-corrected chi connectivity index (χ3v) is 4.20. The number of halogens is 1. The van der Waals surface area contributed by atoms with E-state index in [-0.39, 0.29) is 0 Å². The second-order valence-corrected chi connectivity index (χ2v) is 6.03. The molecule has 0 fully saturated rings. The Bertz CT molecular complexity index is 811. The van der Waals surface area contributed by atoms with Crippen molar-refractivity contribution >= 4 is 17.6 Å². The second kappa shape index (κ2) is 7.51. The van der Waals surface area contributed by atoms with Crippen LogP contribution in [0.2, 0.25) is 0 Å². The highest BCUT2D eigenvalue weighted by molar-refractivity contribution is 5.97. The molecule has 0 spiro atoms. The summed E-state index contributed by atoms with van der Waals surface area (Å²) in [7, 11) is 0. The third-order valence-electron chi connectivity index (χ3n) is 4.20. The predicted molar refractivity (Wildman–Crippen MR) is 94.2 cm³/mol. The van der Waals surface area contributed by atoms with Gasteiger partial charge in [0.1, 0.15) is 5.82 Å². The summed E-state index contributed by atoms with van der Waals surface area (Å²) in [6.07, 6.45) is -0.999. The molecule has 0 aliphatic heterocycles. The summed E-state index contributed by atoms with van der Waals surface area (Å²) < 4.78 is 20.8. The number of hydrogen-bond acceptors (Lipinski definition) is 3. The maximum Gasteiger partial charge on any atom is 0.340 e. The van der Waals surface area contributed by atoms with Gasteiger partial charge in [0.15, 0.2) is 6.10 Å². The number of rotatable bonds is 5. The molecule has 0 aliphatic carbocycles.